The van der Waals surface area contributed by atoms with Crippen LogP contribution in [0.25, 0.3) is 0 Å². The number of epoxide rings is 2. The Morgan fingerprint density at radius 3 is 0.852 bits per heavy atom. The number of methoxy groups -OCH3 is 2. The average Bonchev–Trinajstić information content (AvgIpc) is 3.64. The maximum absolute atomic E-state index is 4.82. The first-order chi connectivity index (χ1) is 13.3. The quantitative estimate of drug-likeness (QED) is 0.715. The molecule has 0 radical (unpaired) electrons. The predicted octanol–water partition coefficient (Wildman–Crippen LogP) is 4.85. The molecule has 4 nitrogen and oxygen atoms in total. The van der Waals surface area contributed by atoms with Gasteiger partial charge in [0, 0.05) is 14.2 Å². The molecule has 2 aliphatic rings. The molecular formula is C23H36O4. The van der Waals surface area contributed by atoms with Gasteiger partial charge in [-0.15, -0.1) is 0 Å². The van der Waals surface area contributed by atoms with Crippen LogP contribution in [0.15, 0.2) is 72.8 Å². The Kier molecular flexibility index (Phi) is 19.3. The molecule has 0 aliphatic carbocycles. The summed E-state index contributed by atoms with van der Waals surface area (Å²) in [5, 5.41) is 0. The minimum absolute atomic E-state index is 0.426. The topological polar surface area (TPSA) is 43.5 Å². The molecule has 0 spiro atoms. The van der Waals surface area contributed by atoms with Crippen molar-refractivity contribution >= 4 is 0 Å². The van der Waals surface area contributed by atoms with E-state index in [1.807, 2.05) is 72.8 Å². The summed E-state index contributed by atoms with van der Waals surface area (Å²) in [7, 11) is 3.36. The van der Waals surface area contributed by atoms with Gasteiger partial charge in [0.1, 0.15) is 12.2 Å². The first-order valence-electron chi connectivity index (χ1n) is 9.49. The van der Waals surface area contributed by atoms with Crippen LogP contribution >= 0.6 is 0 Å². The minimum atomic E-state index is 0.426. The van der Waals surface area contributed by atoms with Crippen LogP contribution in [0.5, 0.6) is 0 Å². The second kappa shape index (κ2) is 20.6. The summed E-state index contributed by atoms with van der Waals surface area (Å²) in [6, 6.07) is 24.0. The van der Waals surface area contributed by atoms with Crippen LogP contribution in [0.1, 0.15) is 20.3 Å². The van der Waals surface area contributed by atoms with Gasteiger partial charge in [-0.1, -0.05) is 93.1 Å². The van der Waals surface area contributed by atoms with Gasteiger partial charge in [-0.2, -0.15) is 0 Å². The fourth-order valence-corrected chi connectivity index (χ4v) is 1.47. The number of rotatable bonds is 4. The fourth-order valence-electron chi connectivity index (χ4n) is 1.47. The van der Waals surface area contributed by atoms with Gasteiger partial charge in [0.05, 0.1) is 26.4 Å². The first-order valence-corrected chi connectivity index (χ1v) is 9.49. The summed E-state index contributed by atoms with van der Waals surface area (Å²) in [6.45, 7) is 7.57. The van der Waals surface area contributed by atoms with E-state index in [-0.39, 0.29) is 0 Å². The maximum Gasteiger partial charge on any atom is 0.104 e. The molecule has 27 heavy (non-hydrogen) atoms. The molecule has 2 atom stereocenters. The van der Waals surface area contributed by atoms with Gasteiger partial charge in [-0.3, -0.25) is 0 Å². The molecule has 2 fully saturated rings. The zero-order valence-corrected chi connectivity index (χ0v) is 17.3. The van der Waals surface area contributed by atoms with E-state index >= 15 is 0 Å². The highest BCUT2D eigenvalue weighted by molar-refractivity contribution is 4.99. The fraction of sp³-hybridized carbons (Fsp3) is 0.478. The third kappa shape index (κ3) is 24.3. The Hall–Kier alpha value is -1.72. The van der Waals surface area contributed by atoms with Gasteiger partial charge in [0.25, 0.3) is 0 Å². The molecule has 152 valence electrons. The van der Waals surface area contributed by atoms with Crippen molar-refractivity contribution in [3.05, 3.63) is 72.8 Å². The van der Waals surface area contributed by atoms with Crippen molar-refractivity contribution in [1.82, 2.24) is 0 Å². The molecule has 4 heteroatoms. The Labute approximate surface area is 165 Å². The summed E-state index contributed by atoms with van der Waals surface area (Å²) < 4.78 is 19.1. The number of hydrogen-bond acceptors (Lipinski definition) is 4. The third-order valence-electron chi connectivity index (χ3n) is 2.84. The number of hydrogen-bond donors (Lipinski definition) is 0. The number of ether oxygens (including phenoxy) is 4. The molecule has 2 saturated heterocycles. The molecule has 2 aromatic rings. The first kappa shape index (κ1) is 25.3. The monoisotopic (exact) mass is 376 g/mol. The minimum Gasteiger partial charge on any atom is -0.382 e. The van der Waals surface area contributed by atoms with Crippen molar-refractivity contribution in [2.75, 3.05) is 40.6 Å². The Morgan fingerprint density at radius 1 is 0.593 bits per heavy atom. The molecule has 2 unspecified atom stereocenters. The van der Waals surface area contributed by atoms with Gasteiger partial charge < -0.3 is 18.9 Å². The van der Waals surface area contributed by atoms with Gasteiger partial charge in [-0.05, 0) is 0 Å². The lowest BCUT2D eigenvalue weighted by atomic mass is 10.4. The maximum atomic E-state index is 4.82. The summed E-state index contributed by atoms with van der Waals surface area (Å²) in [6.07, 6.45) is 2.10. The van der Waals surface area contributed by atoms with Crippen molar-refractivity contribution in [2.45, 2.75) is 32.5 Å². The summed E-state index contributed by atoms with van der Waals surface area (Å²) in [4.78, 5) is 0. The van der Waals surface area contributed by atoms with Crippen LogP contribution in [0.3, 0.4) is 0 Å². The van der Waals surface area contributed by atoms with Crippen LogP contribution in [-0.4, -0.2) is 52.9 Å². The lowest BCUT2D eigenvalue weighted by Gasteiger charge is -1.84. The highest BCUT2D eigenvalue weighted by atomic mass is 16.6. The normalized spacial score (nSPS) is 17.8. The Bertz CT molecular complexity index is 371. The zero-order chi connectivity index (χ0) is 20.0. The van der Waals surface area contributed by atoms with Gasteiger partial charge in [0.15, 0.2) is 0 Å². The van der Waals surface area contributed by atoms with E-state index in [1.54, 1.807) is 14.2 Å². The lowest BCUT2D eigenvalue weighted by molar-refractivity contribution is 0.171. The average molecular weight is 377 g/mol. The Balaban J connectivity index is 0.000000319. The van der Waals surface area contributed by atoms with E-state index in [2.05, 4.69) is 13.8 Å². The van der Waals surface area contributed by atoms with Crippen molar-refractivity contribution in [3.63, 3.8) is 0 Å². The predicted molar refractivity (Wildman–Crippen MR) is 112 cm³/mol. The molecule has 0 bridgehead atoms. The molecule has 2 aromatic carbocycles. The second-order valence-electron chi connectivity index (χ2n) is 5.84. The summed E-state index contributed by atoms with van der Waals surface area (Å²) in [5.41, 5.74) is 0. The standard InChI is InChI=1S/2C6H6.2C4H8O2.C3H8/c2*1-2-4-6-5-3-1;2*1-5-2-4-3-6-4;1-3-2/h2*1-6H;2*4H,2-3H2,1H3;3H2,1-2H3. The van der Waals surface area contributed by atoms with Crippen molar-refractivity contribution < 1.29 is 18.9 Å². The second-order valence-corrected chi connectivity index (χ2v) is 5.84. The van der Waals surface area contributed by atoms with Gasteiger partial charge in [0.2, 0.25) is 0 Å². The van der Waals surface area contributed by atoms with Crippen molar-refractivity contribution in [1.29, 1.82) is 0 Å². The molecule has 2 aliphatic heterocycles. The van der Waals surface area contributed by atoms with Gasteiger partial charge in [-0.25, -0.2) is 0 Å². The van der Waals surface area contributed by atoms with Crippen LogP contribution in [-0.2, 0) is 18.9 Å². The van der Waals surface area contributed by atoms with E-state index in [9.17, 15) is 0 Å². The molecule has 0 amide bonds. The molecular weight excluding hydrogens is 340 g/mol. The van der Waals surface area contributed by atoms with Gasteiger partial charge >= 0.3 is 0 Å². The van der Waals surface area contributed by atoms with Crippen molar-refractivity contribution in [3.8, 4) is 0 Å². The highest BCUT2D eigenvalue weighted by Crippen LogP contribution is 2.07. The van der Waals surface area contributed by atoms with E-state index in [0.717, 1.165) is 26.4 Å². The molecule has 2 heterocycles. The summed E-state index contributed by atoms with van der Waals surface area (Å²) >= 11 is 0. The van der Waals surface area contributed by atoms with E-state index in [1.165, 1.54) is 6.42 Å². The van der Waals surface area contributed by atoms with E-state index < -0.39 is 0 Å². The lowest BCUT2D eigenvalue weighted by Crippen LogP contribution is -1.94. The smallest absolute Gasteiger partial charge is 0.104 e. The van der Waals surface area contributed by atoms with E-state index in [4.69, 9.17) is 18.9 Å². The molecule has 0 saturated carbocycles. The number of benzene rings is 2. The zero-order valence-electron chi connectivity index (χ0n) is 17.3. The van der Waals surface area contributed by atoms with Crippen molar-refractivity contribution in [2.24, 2.45) is 0 Å². The largest absolute Gasteiger partial charge is 0.382 e. The molecule has 0 aromatic heterocycles. The highest BCUT2D eigenvalue weighted by Gasteiger charge is 2.21. The van der Waals surface area contributed by atoms with Crippen LogP contribution in [0, 0.1) is 0 Å². The van der Waals surface area contributed by atoms with Crippen LogP contribution in [0.4, 0.5) is 0 Å². The SMILES string of the molecule is CCC.COCC1CO1.COCC1CO1.c1ccccc1.c1ccccc1. The van der Waals surface area contributed by atoms with Crippen LogP contribution in [0.2, 0.25) is 0 Å². The van der Waals surface area contributed by atoms with Crippen LogP contribution < -0.4 is 0 Å². The molecule has 4 rings (SSSR count). The third-order valence-corrected chi connectivity index (χ3v) is 2.84. The molecule has 0 N–H and O–H groups in total. The van der Waals surface area contributed by atoms with E-state index in [0.29, 0.717) is 12.2 Å². The Morgan fingerprint density at radius 2 is 0.778 bits per heavy atom. The summed E-state index contributed by atoms with van der Waals surface area (Å²) in [5.74, 6) is 0.